The van der Waals surface area contributed by atoms with Crippen molar-refractivity contribution in [2.24, 2.45) is 5.73 Å². The van der Waals surface area contributed by atoms with E-state index in [1.165, 1.54) is 0 Å². The number of hydrogen-bond donors (Lipinski definition) is 2. The van der Waals surface area contributed by atoms with Gasteiger partial charge in [0.15, 0.2) is 0 Å². The summed E-state index contributed by atoms with van der Waals surface area (Å²) in [4.78, 5) is 12.5. The fourth-order valence-electron chi connectivity index (χ4n) is 3.03. The third kappa shape index (κ3) is 3.57. The Balaban J connectivity index is 1.75. The average Bonchev–Trinajstić information content (AvgIpc) is 2.91. The van der Waals surface area contributed by atoms with Gasteiger partial charge < -0.3 is 11.1 Å². The Morgan fingerprint density at radius 1 is 1.35 bits per heavy atom. The molecule has 1 aliphatic rings. The standard InChI is InChI=1S/C17H21ClN4O/c1-11-16(17(23)21-14-7-5-13(19)6-8-14)10-20-22(11)15-4-2-3-12(18)9-15/h2-4,9-10,13-14H,5-8,19H2,1H3,(H,21,23). The lowest BCUT2D eigenvalue weighted by Crippen LogP contribution is -2.40. The van der Waals surface area contributed by atoms with Crippen LogP contribution in [0.3, 0.4) is 0 Å². The van der Waals surface area contributed by atoms with Gasteiger partial charge in [0.25, 0.3) is 5.91 Å². The molecule has 6 heteroatoms. The quantitative estimate of drug-likeness (QED) is 0.907. The summed E-state index contributed by atoms with van der Waals surface area (Å²) in [6.07, 6.45) is 5.42. The molecule has 0 saturated heterocycles. The summed E-state index contributed by atoms with van der Waals surface area (Å²) in [5.74, 6) is -0.0729. The zero-order chi connectivity index (χ0) is 16.4. The van der Waals surface area contributed by atoms with Crippen molar-refractivity contribution in [1.29, 1.82) is 0 Å². The van der Waals surface area contributed by atoms with Crippen molar-refractivity contribution in [3.05, 3.63) is 46.7 Å². The van der Waals surface area contributed by atoms with Crippen LogP contribution in [0.1, 0.15) is 41.7 Å². The predicted octanol–water partition coefficient (Wildman–Crippen LogP) is 2.83. The fourth-order valence-corrected chi connectivity index (χ4v) is 3.21. The first-order valence-corrected chi connectivity index (χ1v) is 8.29. The van der Waals surface area contributed by atoms with Crippen molar-refractivity contribution in [3.63, 3.8) is 0 Å². The Labute approximate surface area is 140 Å². The highest BCUT2D eigenvalue weighted by Gasteiger charge is 2.22. The van der Waals surface area contributed by atoms with Crippen molar-refractivity contribution < 1.29 is 4.79 Å². The summed E-state index contributed by atoms with van der Waals surface area (Å²) in [7, 11) is 0. The molecule has 0 bridgehead atoms. The molecule has 0 atom stereocenters. The lowest BCUT2D eigenvalue weighted by atomic mass is 9.91. The third-order valence-corrected chi connectivity index (χ3v) is 4.65. The van der Waals surface area contributed by atoms with E-state index >= 15 is 0 Å². The van der Waals surface area contributed by atoms with Crippen LogP contribution in [0.25, 0.3) is 5.69 Å². The number of nitrogens with two attached hydrogens (primary N) is 1. The van der Waals surface area contributed by atoms with Crippen LogP contribution in [0.15, 0.2) is 30.5 Å². The van der Waals surface area contributed by atoms with E-state index in [1.807, 2.05) is 31.2 Å². The number of carbonyl (C=O) groups excluding carboxylic acids is 1. The van der Waals surface area contributed by atoms with Gasteiger partial charge in [-0.25, -0.2) is 4.68 Å². The number of hydrogen-bond acceptors (Lipinski definition) is 3. The van der Waals surface area contributed by atoms with Gasteiger partial charge in [0.05, 0.1) is 23.1 Å². The van der Waals surface area contributed by atoms with Gasteiger partial charge >= 0.3 is 0 Å². The van der Waals surface area contributed by atoms with Gasteiger partial charge in [-0.3, -0.25) is 4.79 Å². The molecule has 23 heavy (non-hydrogen) atoms. The van der Waals surface area contributed by atoms with E-state index in [9.17, 15) is 4.79 Å². The molecule has 2 aromatic rings. The number of halogens is 1. The highest BCUT2D eigenvalue weighted by atomic mass is 35.5. The van der Waals surface area contributed by atoms with E-state index in [0.29, 0.717) is 10.6 Å². The van der Waals surface area contributed by atoms with Crippen LogP contribution in [0, 0.1) is 6.92 Å². The van der Waals surface area contributed by atoms with Crippen LogP contribution >= 0.6 is 11.6 Å². The number of amides is 1. The molecule has 0 unspecified atom stereocenters. The maximum atomic E-state index is 12.5. The largest absolute Gasteiger partial charge is 0.349 e. The second kappa shape index (κ2) is 6.72. The number of rotatable bonds is 3. The minimum Gasteiger partial charge on any atom is -0.349 e. The Morgan fingerprint density at radius 2 is 2.09 bits per heavy atom. The van der Waals surface area contributed by atoms with E-state index in [-0.39, 0.29) is 18.0 Å². The maximum absolute atomic E-state index is 12.5. The van der Waals surface area contributed by atoms with Crippen LogP contribution in [0.2, 0.25) is 5.02 Å². The summed E-state index contributed by atoms with van der Waals surface area (Å²) < 4.78 is 1.73. The molecular formula is C17H21ClN4O. The smallest absolute Gasteiger partial charge is 0.254 e. The Hall–Kier alpha value is -1.85. The first kappa shape index (κ1) is 16.0. The van der Waals surface area contributed by atoms with E-state index in [2.05, 4.69) is 10.4 Å². The van der Waals surface area contributed by atoms with Gasteiger partial charge in [-0.1, -0.05) is 17.7 Å². The maximum Gasteiger partial charge on any atom is 0.254 e. The lowest BCUT2D eigenvalue weighted by Gasteiger charge is -2.26. The van der Waals surface area contributed by atoms with Gasteiger partial charge in [0.2, 0.25) is 0 Å². The van der Waals surface area contributed by atoms with Gasteiger partial charge in [-0.2, -0.15) is 5.10 Å². The lowest BCUT2D eigenvalue weighted by molar-refractivity contribution is 0.0925. The van der Waals surface area contributed by atoms with Crippen molar-refractivity contribution in [2.45, 2.75) is 44.7 Å². The Morgan fingerprint density at radius 3 is 2.78 bits per heavy atom. The zero-order valence-corrected chi connectivity index (χ0v) is 13.9. The molecule has 3 rings (SSSR count). The second-order valence-corrected chi connectivity index (χ2v) is 6.56. The highest BCUT2D eigenvalue weighted by molar-refractivity contribution is 6.30. The topological polar surface area (TPSA) is 72.9 Å². The molecule has 1 aromatic carbocycles. The number of nitrogens with one attached hydrogen (secondary N) is 1. The van der Waals surface area contributed by atoms with E-state index in [4.69, 9.17) is 17.3 Å². The molecule has 122 valence electrons. The SMILES string of the molecule is Cc1c(C(=O)NC2CCC(N)CC2)cnn1-c1cccc(Cl)c1. The molecule has 1 aromatic heterocycles. The van der Waals surface area contributed by atoms with Crippen LogP contribution < -0.4 is 11.1 Å². The zero-order valence-electron chi connectivity index (χ0n) is 13.1. The molecule has 1 amide bonds. The van der Waals surface area contributed by atoms with Crippen molar-refractivity contribution >= 4 is 17.5 Å². The first-order valence-electron chi connectivity index (χ1n) is 7.91. The summed E-state index contributed by atoms with van der Waals surface area (Å²) in [6, 6.07) is 7.89. The summed E-state index contributed by atoms with van der Waals surface area (Å²) in [6.45, 7) is 1.89. The van der Waals surface area contributed by atoms with Gasteiger partial charge in [-0.05, 0) is 50.8 Å². The van der Waals surface area contributed by atoms with Gasteiger partial charge in [-0.15, -0.1) is 0 Å². The third-order valence-electron chi connectivity index (χ3n) is 4.41. The average molecular weight is 333 g/mol. The molecule has 3 N–H and O–H groups in total. The van der Waals surface area contributed by atoms with Crippen LogP contribution in [-0.2, 0) is 0 Å². The molecule has 0 spiro atoms. The minimum atomic E-state index is -0.0729. The molecule has 1 aliphatic carbocycles. The Bertz CT molecular complexity index is 704. The number of nitrogens with zero attached hydrogens (tertiary/aromatic N) is 2. The fraction of sp³-hybridized carbons (Fsp3) is 0.412. The van der Waals surface area contributed by atoms with Crippen LogP contribution in [0.4, 0.5) is 0 Å². The molecule has 1 heterocycles. The molecule has 0 aliphatic heterocycles. The molecule has 1 fully saturated rings. The summed E-state index contributed by atoms with van der Waals surface area (Å²) in [5.41, 5.74) is 8.15. The van der Waals surface area contributed by atoms with E-state index in [1.54, 1.807) is 10.9 Å². The van der Waals surface area contributed by atoms with Gasteiger partial charge in [0, 0.05) is 17.1 Å². The Kier molecular flexibility index (Phi) is 4.68. The molecule has 1 saturated carbocycles. The van der Waals surface area contributed by atoms with Gasteiger partial charge in [0.1, 0.15) is 0 Å². The second-order valence-electron chi connectivity index (χ2n) is 6.12. The monoisotopic (exact) mass is 332 g/mol. The number of carbonyl (C=O) groups is 1. The van der Waals surface area contributed by atoms with Crippen molar-refractivity contribution in [2.75, 3.05) is 0 Å². The van der Waals surface area contributed by atoms with Crippen molar-refractivity contribution in [3.8, 4) is 5.69 Å². The normalized spacial score (nSPS) is 21.2. The number of benzene rings is 1. The minimum absolute atomic E-state index is 0.0729. The van der Waals surface area contributed by atoms with Crippen LogP contribution in [-0.4, -0.2) is 27.8 Å². The molecule has 5 nitrogen and oxygen atoms in total. The van der Waals surface area contributed by atoms with Crippen molar-refractivity contribution in [1.82, 2.24) is 15.1 Å². The van der Waals surface area contributed by atoms with E-state index < -0.39 is 0 Å². The number of aromatic nitrogens is 2. The highest BCUT2D eigenvalue weighted by Crippen LogP contribution is 2.20. The molecule has 0 radical (unpaired) electrons. The van der Waals surface area contributed by atoms with Crippen LogP contribution in [0.5, 0.6) is 0 Å². The predicted molar refractivity (Wildman–Crippen MR) is 91.0 cm³/mol. The summed E-state index contributed by atoms with van der Waals surface area (Å²) in [5, 5.41) is 8.07. The molecular weight excluding hydrogens is 312 g/mol. The summed E-state index contributed by atoms with van der Waals surface area (Å²) >= 11 is 6.03. The van der Waals surface area contributed by atoms with E-state index in [0.717, 1.165) is 37.1 Å². The first-order chi connectivity index (χ1) is 11.0.